The number of hydrogen-bond donors (Lipinski definition) is 1. The topological polar surface area (TPSA) is 103 Å². The Morgan fingerprint density at radius 3 is 2.44 bits per heavy atom. The van der Waals surface area contributed by atoms with Crippen LogP contribution < -0.4 is 5.32 Å². The van der Waals surface area contributed by atoms with Crippen LogP contribution in [0.1, 0.15) is 26.3 Å². The third-order valence-corrected chi connectivity index (χ3v) is 5.25. The lowest BCUT2D eigenvalue weighted by atomic mass is 10.2. The zero-order valence-electron chi connectivity index (χ0n) is 15.4. The molecule has 0 fully saturated rings. The Morgan fingerprint density at radius 2 is 1.81 bits per heavy atom. The van der Waals surface area contributed by atoms with Crippen molar-refractivity contribution >= 4 is 33.1 Å². The highest BCUT2D eigenvalue weighted by atomic mass is 32.2. The molecule has 0 aliphatic heterocycles. The van der Waals surface area contributed by atoms with Crippen LogP contribution >= 0.6 is 0 Å². The van der Waals surface area contributed by atoms with Gasteiger partial charge in [0.1, 0.15) is 11.1 Å². The zero-order valence-corrected chi connectivity index (χ0v) is 16.2. The number of aromatic nitrogens is 3. The summed E-state index contributed by atoms with van der Waals surface area (Å²) in [4.78, 5) is 20.4. The van der Waals surface area contributed by atoms with Crippen molar-refractivity contribution in [1.82, 2.24) is 13.9 Å². The number of hydrogen-bond acceptors (Lipinski definition) is 6. The number of rotatable bonds is 3. The number of ether oxygens (including phenoxy) is 1. The quantitative estimate of drug-likeness (QED) is 0.738. The molecule has 3 aromatic rings. The predicted octanol–water partition coefficient (Wildman–Crippen LogP) is 3.32. The Labute approximate surface area is 157 Å². The maximum atomic E-state index is 12.9. The normalized spacial score (nSPS) is 12.1. The number of carbonyl (C=O) groups excluding carboxylic acids is 1. The number of nitrogens with one attached hydrogen (secondary N) is 1. The van der Waals surface area contributed by atoms with Gasteiger partial charge in [-0.25, -0.2) is 27.2 Å². The van der Waals surface area contributed by atoms with Crippen LogP contribution in [0.3, 0.4) is 0 Å². The first-order valence-electron chi connectivity index (χ1n) is 8.23. The van der Waals surface area contributed by atoms with Gasteiger partial charge in [0.2, 0.25) is 0 Å². The molecule has 0 spiro atoms. The van der Waals surface area contributed by atoms with Crippen LogP contribution in [0.4, 0.5) is 10.6 Å². The molecule has 0 unspecified atom stereocenters. The van der Waals surface area contributed by atoms with Gasteiger partial charge in [-0.1, -0.05) is 17.7 Å². The van der Waals surface area contributed by atoms with E-state index in [-0.39, 0.29) is 16.4 Å². The highest BCUT2D eigenvalue weighted by molar-refractivity contribution is 7.90. The molecular weight excluding hydrogens is 368 g/mol. The largest absolute Gasteiger partial charge is 0.444 e. The van der Waals surface area contributed by atoms with Gasteiger partial charge < -0.3 is 4.74 Å². The van der Waals surface area contributed by atoms with E-state index < -0.39 is 21.7 Å². The van der Waals surface area contributed by atoms with E-state index >= 15 is 0 Å². The molecule has 0 atom stereocenters. The summed E-state index contributed by atoms with van der Waals surface area (Å²) < 4.78 is 32.1. The van der Waals surface area contributed by atoms with Crippen molar-refractivity contribution < 1.29 is 17.9 Å². The van der Waals surface area contributed by atoms with Crippen LogP contribution in [0.15, 0.2) is 47.6 Å². The van der Waals surface area contributed by atoms with Gasteiger partial charge in [-0.3, -0.25) is 5.32 Å². The third-order valence-electron chi connectivity index (χ3n) is 3.56. The molecule has 9 heteroatoms. The van der Waals surface area contributed by atoms with Gasteiger partial charge in [-0.15, -0.1) is 0 Å². The number of anilines is 1. The molecule has 3 rings (SSSR count). The molecule has 8 nitrogen and oxygen atoms in total. The number of aryl methyl sites for hydroxylation is 1. The van der Waals surface area contributed by atoms with E-state index in [0.29, 0.717) is 5.52 Å². The predicted molar refractivity (Wildman–Crippen MR) is 101 cm³/mol. The van der Waals surface area contributed by atoms with Crippen molar-refractivity contribution in [3.8, 4) is 0 Å². The van der Waals surface area contributed by atoms with E-state index in [1.54, 1.807) is 39.0 Å². The van der Waals surface area contributed by atoms with E-state index in [1.165, 1.54) is 24.5 Å². The second-order valence-electron chi connectivity index (χ2n) is 7.02. The van der Waals surface area contributed by atoms with Crippen molar-refractivity contribution in [2.75, 3.05) is 5.32 Å². The lowest BCUT2D eigenvalue weighted by Crippen LogP contribution is -2.27. The molecule has 0 aliphatic carbocycles. The molecule has 0 bridgehead atoms. The average Bonchev–Trinajstić information content (AvgIpc) is 2.97. The molecule has 2 heterocycles. The van der Waals surface area contributed by atoms with Gasteiger partial charge in [0, 0.05) is 6.20 Å². The number of fused-ring (bicyclic) bond motifs is 1. The molecule has 0 saturated carbocycles. The van der Waals surface area contributed by atoms with Gasteiger partial charge in [-0.2, -0.15) is 0 Å². The van der Waals surface area contributed by atoms with E-state index in [0.717, 1.165) is 9.54 Å². The SMILES string of the molecule is Cc1ccc(S(=O)(=O)n2ccc3ncc(NC(=O)OC(C)(C)C)nc32)cc1. The minimum atomic E-state index is -3.84. The Kier molecular flexibility index (Phi) is 4.64. The Morgan fingerprint density at radius 1 is 1.15 bits per heavy atom. The third kappa shape index (κ3) is 4.08. The molecule has 2 aromatic heterocycles. The number of benzene rings is 1. The monoisotopic (exact) mass is 388 g/mol. The number of amides is 1. The molecule has 1 amide bonds. The summed E-state index contributed by atoms with van der Waals surface area (Å²) in [5, 5.41) is 2.46. The summed E-state index contributed by atoms with van der Waals surface area (Å²) in [6.45, 7) is 7.09. The van der Waals surface area contributed by atoms with E-state index in [9.17, 15) is 13.2 Å². The maximum absolute atomic E-state index is 12.9. The summed E-state index contributed by atoms with van der Waals surface area (Å²) >= 11 is 0. The van der Waals surface area contributed by atoms with Gasteiger partial charge >= 0.3 is 6.09 Å². The second kappa shape index (κ2) is 6.66. The van der Waals surface area contributed by atoms with Crippen molar-refractivity contribution in [2.45, 2.75) is 38.2 Å². The summed E-state index contributed by atoms with van der Waals surface area (Å²) in [7, 11) is -3.84. The smallest absolute Gasteiger partial charge is 0.413 e. The fraction of sp³-hybridized carbons (Fsp3) is 0.278. The minimum Gasteiger partial charge on any atom is -0.444 e. The first-order valence-corrected chi connectivity index (χ1v) is 9.67. The summed E-state index contributed by atoms with van der Waals surface area (Å²) in [5.41, 5.74) is 0.788. The lowest BCUT2D eigenvalue weighted by Gasteiger charge is -2.19. The van der Waals surface area contributed by atoms with Crippen LogP contribution in [-0.2, 0) is 14.8 Å². The fourth-order valence-electron chi connectivity index (χ4n) is 2.36. The van der Waals surface area contributed by atoms with E-state index in [4.69, 9.17) is 4.74 Å². The average molecular weight is 388 g/mol. The molecule has 1 N–H and O–H groups in total. The van der Waals surface area contributed by atoms with Crippen LogP contribution in [-0.4, -0.2) is 34.1 Å². The van der Waals surface area contributed by atoms with Gasteiger partial charge in [-0.05, 0) is 45.9 Å². The van der Waals surface area contributed by atoms with Crippen molar-refractivity contribution in [2.24, 2.45) is 0 Å². The van der Waals surface area contributed by atoms with Crippen molar-refractivity contribution in [3.63, 3.8) is 0 Å². The van der Waals surface area contributed by atoms with Crippen LogP contribution in [0.5, 0.6) is 0 Å². The van der Waals surface area contributed by atoms with Crippen LogP contribution in [0, 0.1) is 6.92 Å². The van der Waals surface area contributed by atoms with Crippen LogP contribution in [0.25, 0.3) is 11.2 Å². The van der Waals surface area contributed by atoms with E-state index in [1.807, 2.05) is 6.92 Å². The minimum absolute atomic E-state index is 0.0933. The molecular formula is C18H20N4O4S. The highest BCUT2D eigenvalue weighted by Gasteiger charge is 2.21. The Bertz CT molecular complexity index is 1100. The molecule has 0 saturated heterocycles. The van der Waals surface area contributed by atoms with Gasteiger partial charge in [0.25, 0.3) is 10.0 Å². The molecule has 0 radical (unpaired) electrons. The summed E-state index contributed by atoms with van der Waals surface area (Å²) in [6, 6.07) is 8.06. The zero-order chi connectivity index (χ0) is 19.8. The summed E-state index contributed by atoms with van der Waals surface area (Å²) in [6.07, 6.45) is 2.03. The number of nitrogens with zero attached hydrogens (tertiary/aromatic N) is 3. The molecule has 0 aliphatic rings. The lowest BCUT2D eigenvalue weighted by molar-refractivity contribution is 0.0635. The Balaban J connectivity index is 1.98. The molecule has 142 valence electrons. The maximum Gasteiger partial charge on any atom is 0.413 e. The standard InChI is InChI=1S/C18H20N4O4S/c1-12-5-7-13(8-6-12)27(24,25)22-10-9-14-16(22)20-15(11-19-14)21-17(23)26-18(2,3)4/h5-11H,1-4H3,(H,20,21,23). The van der Waals surface area contributed by atoms with E-state index in [2.05, 4.69) is 15.3 Å². The second-order valence-corrected chi connectivity index (χ2v) is 8.84. The fourth-order valence-corrected chi connectivity index (χ4v) is 3.65. The first-order chi connectivity index (χ1) is 12.6. The Hall–Kier alpha value is -2.94. The summed E-state index contributed by atoms with van der Waals surface area (Å²) in [5.74, 6) is 0.0933. The van der Waals surface area contributed by atoms with Gasteiger partial charge in [0.15, 0.2) is 11.5 Å². The van der Waals surface area contributed by atoms with Crippen molar-refractivity contribution in [1.29, 1.82) is 0 Å². The molecule has 27 heavy (non-hydrogen) atoms. The van der Waals surface area contributed by atoms with Crippen LogP contribution in [0.2, 0.25) is 0 Å². The molecule has 1 aromatic carbocycles. The number of carbonyl (C=O) groups is 1. The first kappa shape index (κ1) is 18.8. The van der Waals surface area contributed by atoms with Crippen molar-refractivity contribution in [3.05, 3.63) is 48.3 Å². The van der Waals surface area contributed by atoms with Gasteiger partial charge in [0.05, 0.1) is 11.1 Å². The highest BCUT2D eigenvalue weighted by Crippen LogP contribution is 2.21.